The first-order valence-corrected chi connectivity index (χ1v) is 21.2. The van der Waals surface area contributed by atoms with Crippen molar-refractivity contribution in [3.8, 4) is 0 Å². The second-order valence-corrected chi connectivity index (χ2v) is 15.9. The van der Waals surface area contributed by atoms with Gasteiger partial charge in [-0.25, -0.2) is 9.80 Å². The number of carbonyl (C=O) groups is 6. The Balaban J connectivity index is 1.31. The minimum Gasteiger partial charge on any atom is -0.372 e. The molecule has 0 bridgehead atoms. The highest BCUT2D eigenvalue weighted by atomic mass is 16.2. The number of nitrogens with two attached hydrogens (primary N) is 3. The lowest BCUT2D eigenvalue weighted by molar-refractivity contribution is -0.133. The number of benzene rings is 2. The number of aromatic amines is 1. The predicted octanol–water partition coefficient (Wildman–Crippen LogP) is 0.743. The molecule has 0 spiro atoms. The molecule has 5 atom stereocenters. The van der Waals surface area contributed by atoms with E-state index in [-0.39, 0.29) is 38.1 Å². The smallest absolute Gasteiger partial charge is 0.336 e. The predicted molar refractivity (Wildman–Crippen MR) is 231 cm³/mol. The molecular formula is C43H62N12O6. The first-order valence-electron chi connectivity index (χ1n) is 21.2. The Kier molecular flexibility index (Phi) is 17.3. The van der Waals surface area contributed by atoms with Crippen LogP contribution < -0.4 is 54.5 Å². The molecule has 330 valence electrons. The van der Waals surface area contributed by atoms with Gasteiger partial charge in [0.15, 0.2) is 0 Å². The van der Waals surface area contributed by atoms with Crippen LogP contribution >= 0.6 is 0 Å². The van der Waals surface area contributed by atoms with Crippen molar-refractivity contribution in [3.05, 3.63) is 83.8 Å². The van der Waals surface area contributed by atoms with Crippen LogP contribution in [0.25, 0.3) is 10.9 Å². The standard InChI is InChI=1S/C43H62N12O6/c1-27(50-41(59)37(21-30-23-48-34-17-9-8-16-32(30)34)52-40(58)33(45)22-31-24-47-26-49-31)39(57)54-55(25-29-14-6-3-7-15-29)43(61)53-36(20-28-12-4-2-5-13-28)42(60)51-35(38(46)56)18-10-11-19-44/h2,4-5,8-9,12-13,16-17,23-24,27,29,33,35-37,47-49H,3,6-7,10-11,14-15,18-22,25-26,44-45H2,1H3,(H2,46,56)(H,50,59)(H,51,60)(H,52,58)(H,53,61)(H,54,57)/t27-,33-,35-,36+,37+/m0/s1. The summed E-state index contributed by atoms with van der Waals surface area (Å²) in [6, 6.07) is 10.5. The molecule has 1 aromatic heterocycles. The van der Waals surface area contributed by atoms with Gasteiger partial charge in [0.05, 0.1) is 12.7 Å². The number of unbranched alkanes of at least 4 members (excludes halogenated alkanes) is 1. The van der Waals surface area contributed by atoms with Crippen molar-refractivity contribution in [2.75, 3.05) is 19.8 Å². The summed E-state index contributed by atoms with van der Waals surface area (Å²) in [5, 5.41) is 19.2. The van der Waals surface area contributed by atoms with E-state index in [9.17, 15) is 28.8 Å². The van der Waals surface area contributed by atoms with E-state index in [1.54, 1.807) is 12.4 Å². The monoisotopic (exact) mass is 842 g/mol. The zero-order valence-corrected chi connectivity index (χ0v) is 34.8. The van der Waals surface area contributed by atoms with Gasteiger partial charge in [-0.3, -0.25) is 29.4 Å². The van der Waals surface area contributed by atoms with Crippen molar-refractivity contribution in [2.45, 2.75) is 108 Å². The Hall–Kier alpha value is -6.14. The van der Waals surface area contributed by atoms with Crippen molar-refractivity contribution in [1.82, 2.24) is 47.3 Å². The Labute approximate surface area is 356 Å². The van der Waals surface area contributed by atoms with Gasteiger partial charge in [0.25, 0.3) is 5.91 Å². The Morgan fingerprint density at radius 2 is 1.48 bits per heavy atom. The van der Waals surface area contributed by atoms with Crippen LogP contribution in [0.5, 0.6) is 0 Å². The largest absolute Gasteiger partial charge is 0.372 e. The summed E-state index contributed by atoms with van der Waals surface area (Å²) >= 11 is 0. The molecule has 18 nitrogen and oxygen atoms in total. The third kappa shape index (κ3) is 14.0. The Morgan fingerprint density at radius 1 is 0.787 bits per heavy atom. The number of hydrogen-bond acceptors (Lipinski definition) is 10. The van der Waals surface area contributed by atoms with Gasteiger partial charge in [-0.15, -0.1) is 0 Å². The summed E-state index contributed by atoms with van der Waals surface area (Å²) in [6.45, 7) is 2.57. The van der Waals surface area contributed by atoms with E-state index in [0.29, 0.717) is 26.1 Å². The lowest BCUT2D eigenvalue weighted by atomic mass is 9.89. The van der Waals surface area contributed by atoms with Crippen molar-refractivity contribution in [2.24, 2.45) is 23.1 Å². The summed E-state index contributed by atoms with van der Waals surface area (Å²) in [4.78, 5) is 84.8. The third-order valence-corrected chi connectivity index (χ3v) is 11.1. The highest BCUT2D eigenvalue weighted by Crippen LogP contribution is 2.24. The van der Waals surface area contributed by atoms with Crippen molar-refractivity contribution >= 4 is 46.5 Å². The normalized spacial score (nSPS) is 16.3. The van der Waals surface area contributed by atoms with Gasteiger partial charge in [-0.2, -0.15) is 0 Å². The summed E-state index contributed by atoms with van der Waals surface area (Å²) < 4.78 is 0. The molecule has 18 heteroatoms. The molecule has 2 aromatic carbocycles. The van der Waals surface area contributed by atoms with E-state index in [2.05, 4.69) is 42.3 Å². The van der Waals surface area contributed by atoms with Gasteiger partial charge in [-0.1, -0.05) is 67.8 Å². The van der Waals surface area contributed by atoms with Gasteiger partial charge in [0, 0.05) is 54.8 Å². The summed E-state index contributed by atoms with van der Waals surface area (Å²) in [5.74, 6) is -3.13. The number of para-hydroxylation sites is 1. The van der Waals surface area contributed by atoms with Crippen molar-refractivity contribution in [1.29, 1.82) is 0 Å². The number of hydrogen-bond donors (Lipinski definition) is 11. The molecule has 2 aliphatic rings. The van der Waals surface area contributed by atoms with Crippen molar-refractivity contribution < 1.29 is 28.8 Å². The molecule has 7 amide bonds. The van der Waals surface area contributed by atoms with Gasteiger partial charge >= 0.3 is 6.03 Å². The summed E-state index contributed by atoms with van der Waals surface area (Å²) in [5.41, 5.74) is 23.4. The summed E-state index contributed by atoms with van der Waals surface area (Å²) in [6.07, 6.45) is 10.1. The van der Waals surface area contributed by atoms with Crippen LogP contribution in [-0.2, 0) is 36.8 Å². The maximum atomic E-state index is 14.2. The van der Waals surface area contributed by atoms with Gasteiger partial charge in [0.2, 0.25) is 23.6 Å². The summed E-state index contributed by atoms with van der Waals surface area (Å²) in [7, 11) is 0. The fraction of sp³-hybridized carbons (Fsp3) is 0.488. The average molecular weight is 843 g/mol. The molecule has 1 saturated carbocycles. The second-order valence-electron chi connectivity index (χ2n) is 15.9. The van der Waals surface area contributed by atoms with E-state index in [4.69, 9.17) is 17.2 Å². The van der Waals surface area contributed by atoms with Crippen LogP contribution in [0, 0.1) is 5.92 Å². The quantitative estimate of drug-likeness (QED) is 0.0529. The number of H-pyrrole nitrogens is 1. The fourth-order valence-electron chi connectivity index (χ4n) is 7.61. The number of nitrogens with one attached hydrogen (secondary N) is 8. The average Bonchev–Trinajstić information content (AvgIpc) is 3.93. The van der Waals surface area contributed by atoms with Gasteiger partial charge in [-0.05, 0) is 68.7 Å². The number of nitrogens with zero attached hydrogens (tertiary/aromatic N) is 1. The number of carbonyl (C=O) groups excluding carboxylic acids is 6. The van der Waals surface area contributed by atoms with Crippen LogP contribution in [0.4, 0.5) is 4.79 Å². The van der Waals surface area contributed by atoms with Crippen molar-refractivity contribution in [3.63, 3.8) is 0 Å². The van der Waals surface area contributed by atoms with Crippen LogP contribution in [0.1, 0.15) is 75.8 Å². The molecule has 1 fully saturated rings. The Morgan fingerprint density at radius 3 is 2.18 bits per heavy atom. The van der Waals surface area contributed by atoms with Crippen LogP contribution in [0.15, 0.2) is 72.7 Å². The van der Waals surface area contributed by atoms with Gasteiger partial charge in [0.1, 0.15) is 24.2 Å². The maximum absolute atomic E-state index is 14.2. The lowest BCUT2D eigenvalue weighted by Gasteiger charge is -2.32. The first kappa shape index (κ1) is 45.9. The molecule has 5 rings (SSSR count). The highest BCUT2D eigenvalue weighted by Gasteiger charge is 2.32. The van der Waals surface area contributed by atoms with Gasteiger partial charge < -0.3 is 54.1 Å². The zero-order chi connectivity index (χ0) is 43.7. The number of primary amides is 1. The molecule has 14 N–H and O–H groups in total. The number of aromatic nitrogens is 1. The maximum Gasteiger partial charge on any atom is 0.336 e. The minimum atomic E-state index is -1.17. The topological polar surface area (TPSA) is 284 Å². The third-order valence-electron chi connectivity index (χ3n) is 11.1. The molecule has 1 aliphatic heterocycles. The Bertz CT molecular complexity index is 1980. The van der Waals surface area contributed by atoms with E-state index < -0.39 is 65.8 Å². The molecule has 1 aliphatic carbocycles. The number of rotatable bonds is 21. The fourth-order valence-corrected chi connectivity index (χ4v) is 7.61. The highest BCUT2D eigenvalue weighted by molar-refractivity contribution is 5.95. The first-order chi connectivity index (χ1) is 29.4. The molecule has 0 saturated heterocycles. The molecule has 2 heterocycles. The SMILES string of the molecule is C[C@H](NC(=O)[C@@H](Cc1c[nH]c2ccccc12)NC(=O)[C@@H](N)CC1=CNCN1)C(=O)NN(CC1CCCCC1)C(=O)N[C@H](Cc1ccccc1)C(=O)N[C@@H](CCCCN)C(N)=O. The number of amides is 7. The van der Waals surface area contributed by atoms with Crippen LogP contribution in [-0.4, -0.2) is 95.5 Å². The van der Waals surface area contributed by atoms with E-state index in [1.807, 2.05) is 54.6 Å². The lowest BCUT2D eigenvalue weighted by Crippen LogP contribution is -2.61. The van der Waals surface area contributed by atoms with Crippen LogP contribution in [0.2, 0.25) is 0 Å². The molecule has 0 radical (unpaired) electrons. The zero-order valence-electron chi connectivity index (χ0n) is 34.8. The van der Waals surface area contributed by atoms with E-state index in [1.165, 1.54) is 6.92 Å². The molecule has 3 aromatic rings. The number of hydrazine groups is 1. The molecule has 0 unspecified atom stereocenters. The number of fused-ring (bicyclic) bond motifs is 1. The van der Waals surface area contributed by atoms with E-state index >= 15 is 0 Å². The van der Waals surface area contributed by atoms with Crippen LogP contribution in [0.3, 0.4) is 0 Å². The molecule has 61 heavy (non-hydrogen) atoms. The van der Waals surface area contributed by atoms with E-state index in [0.717, 1.165) is 64.8 Å². The minimum absolute atomic E-state index is 0.0684. The number of urea groups is 1. The molecular weight excluding hydrogens is 781 g/mol. The second kappa shape index (κ2) is 23.0.